The summed E-state index contributed by atoms with van der Waals surface area (Å²) in [5.41, 5.74) is 7.84. The zero-order valence-corrected chi connectivity index (χ0v) is 25.8. The van der Waals surface area contributed by atoms with Crippen LogP contribution in [0.2, 0.25) is 0 Å². The molecule has 2 atom stereocenters. The second-order valence-electron chi connectivity index (χ2n) is 11.0. The number of piperazine rings is 1. The number of carbonyl (C=O) groups is 1. The summed E-state index contributed by atoms with van der Waals surface area (Å²) < 4.78 is 25.5. The molecule has 2 unspecified atom stereocenters. The molecule has 1 aliphatic heterocycles. The van der Waals surface area contributed by atoms with Crippen LogP contribution in [0.25, 0.3) is 0 Å². The Morgan fingerprint density at radius 2 is 1.84 bits per heavy atom. The monoisotopic (exact) mass is 619 g/mol. The zero-order chi connectivity index (χ0) is 31.1. The van der Waals surface area contributed by atoms with Crippen LogP contribution < -0.4 is 26.0 Å². The van der Waals surface area contributed by atoms with Crippen LogP contribution in [0.4, 0.5) is 23.0 Å². The molecule has 1 aliphatic rings. The van der Waals surface area contributed by atoms with Gasteiger partial charge in [0.2, 0.25) is 17.7 Å². The number of anilines is 4. The summed E-state index contributed by atoms with van der Waals surface area (Å²) in [6.45, 7) is 7.29. The molecule has 4 heterocycles. The van der Waals surface area contributed by atoms with Gasteiger partial charge in [-0.15, -0.1) is 0 Å². The van der Waals surface area contributed by atoms with Gasteiger partial charge < -0.3 is 35.3 Å². The number of carbonyl (C=O) groups excluding carboxylic acids is 1. The van der Waals surface area contributed by atoms with Crippen molar-refractivity contribution in [3.05, 3.63) is 67.3 Å². The van der Waals surface area contributed by atoms with E-state index >= 15 is 0 Å². The third-order valence-electron chi connectivity index (χ3n) is 6.91. The molecule has 0 radical (unpaired) electrons. The van der Waals surface area contributed by atoms with Crippen molar-refractivity contribution < 1.29 is 18.2 Å². The first-order chi connectivity index (χ1) is 21.2. The van der Waals surface area contributed by atoms with Crippen molar-refractivity contribution in [2.75, 3.05) is 48.8 Å². The Bertz CT molecular complexity index is 1560. The Kier molecular flexibility index (Phi) is 10.1. The predicted molar refractivity (Wildman–Crippen MR) is 167 cm³/mol. The van der Waals surface area contributed by atoms with Gasteiger partial charge in [0.1, 0.15) is 17.8 Å². The number of aromatic nitrogens is 4. The number of likely N-dealkylation sites (N-methyl/N-ethyl adjacent to an activating group) is 1. The summed E-state index contributed by atoms with van der Waals surface area (Å²) in [7, 11) is 0.270. The quantitative estimate of drug-likeness (QED) is 0.212. The molecule has 1 aromatic carbocycles. The minimum absolute atomic E-state index is 0.0291. The maximum absolute atomic E-state index is 14.2. The summed E-state index contributed by atoms with van der Waals surface area (Å²) in [6.07, 6.45) is 8.40. The Labute approximate surface area is 258 Å². The Hall–Kier alpha value is -4.40. The molecule has 0 spiro atoms. The van der Waals surface area contributed by atoms with Crippen molar-refractivity contribution in [3.63, 3.8) is 0 Å². The number of furan rings is 1. The molecule has 1 amide bonds. The Balaban J connectivity index is 1.48. The summed E-state index contributed by atoms with van der Waals surface area (Å²) in [5, 5.41) is 6.10. The van der Waals surface area contributed by atoms with Crippen LogP contribution in [0.15, 0.2) is 75.7 Å². The average Bonchev–Trinajstić information content (AvgIpc) is 3.53. The second kappa shape index (κ2) is 14.4. The fourth-order valence-electron chi connectivity index (χ4n) is 4.60. The highest BCUT2D eigenvalue weighted by atomic mass is 32.2. The van der Waals surface area contributed by atoms with Crippen molar-refractivity contribution in [1.82, 2.24) is 24.8 Å². The first kappa shape index (κ1) is 31.0. The van der Waals surface area contributed by atoms with E-state index in [9.17, 15) is 9.00 Å². The van der Waals surface area contributed by atoms with Gasteiger partial charge in [0.15, 0.2) is 5.82 Å². The molecule has 3 aromatic heterocycles. The predicted octanol–water partition coefficient (Wildman–Crippen LogP) is 3.41. The van der Waals surface area contributed by atoms with Crippen LogP contribution >= 0.6 is 0 Å². The molecule has 4 N–H and O–H groups in total. The molecule has 0 aliphatic carbocycles. The lowest BCUT2D eigenvalue weighted by atomic mass is 10.0. The van der Waals surface area contributed by atoms with Crippen LogP contribution in [0.5, 0.6) is 5.88 Å². The molecule has 44 heavy (non-hydrogen) atoms. The summed E-state index contributed by atoms with van der Waals surface area (Å²) in [6, 6.07) is 7.90. The number of ether oxygens (including phenoxy) is 1. The van der Waals surface area contributed by atoms with E-state index in [1.807, 2.05) is 13.8 Å². The van der Waals surface area contributed by atoms with Crippen molar-refractivity contribution in [2.24, 2.45) is 11.7 Å². The van der Waals surface area contributed by atoms with E-state index in [-0.39, 0.29) is 29.2 Å². The standard InChI is InChI=1S/C30H37N9O4S/c1-20(2)13-25(31)28(40)36-23-14-22(35-21-5-12-42-18-21)15-24(16-23)44(41)26-17-34-30(39-10-8-38(3)9-11-39)37-29(26)43-19-27-32-6-4-7-33-27/h4-7,12,14-18,20,25,35H,8-11,13,19,31H2,1-3H3,(H,36,40). The van der Waals surface area contributed by atoms with Gasteiger partial charge in [0.25, 0.3) is 0 Å². The highest BCUT2D eigenvalue weighted by molar-refractivity contribution is 7.85. The number of rotatable bonds is 12. The SMILES string of the molecule is CC(C)CC(N)C(=O)Nc1cc(Nc2ccoc2)cc(S(=O)c2cnc(N3CCN(C)CC3)nc2OCc2ncccn2)c1. The third kappa shape index (κ3) is 8.15. The van der Waals surface area contributed by atoms with Crippen LogP contribution in [0.3, 0.4) is 0 Å². The van der Waals surface area contributed by atoms with Crippen LogP contribution in [-0.4, -0.2) is 74.2 Å². The van der Waals surface area contributed by atoms with Gasteiger partial charge in [-0.05, 0) is 49.7 Å². The minimum atomic E-state index is -1.80. The van der Waals surface area contributed by atoms with Gasteiger partial charge in [0, 0.05) is 54.8 Å². The molecule has 0 bridgehead atoms. The average molecular weight is 620 g/mol. The molecule has 5 rings (SSSR count). The molecule has 232 valence electrons. The van der Waals surface area contributed by atoms with Crippen molar-refractivity contribution in [1.29, 1.82) is 0 Å². The summed E-state index contributed by atoms with van der Waals surface area (Å²) >= 11 is 0. The molecule has 14 heteroatoms. The minimum Gasteiger partial charge on any atom is -0.470 e. The second-order valence-corrected chi connectivity index (χ2v) is 12.4. The highest BCUT2D eigenvalue weighted by Crippen LogP contribution is 2.31. The topological polar surface area (TPSA) is 165 Å². The molecule has 1 saturated heterocycles. The van der Waals surface area contributed by atoms with E-state index in [1.165, 1.54) is 12.5 Å². The van der Waals surface area contributed by atoms with Gasteiger partial charge in [0.05, 0.1) is 35.0 Å². The highest BCUT2D eigenvalue weighted by Gasteiger charge is 2.23. The van der Waals surface area contributed by atoms with E-state index in [4.69, 9.17) is 19.9 Å². The number of amides is 1. The Morgan fingerprint density at radius 3 is 2.55 bits per heavy atom. The number of hydrogen-bond donors (Lipinski definition) is 3. The van der Waals surface area contributed by atoms with Crippen molar-refractivity contribution >= 4 is 39.7 Å². The maximum atomic E-state index is 14.2. The lowest BCUT2D eigenvalue weighted by molar-refractivity contribution is -0.117. The van der Waals surface area contributed by atoms with Crippen molar-refractivity contribution in [3.8, 4) is 5.88 Å². The molecular weight excluding hydrogens is 582 g/mol. The van der Waals surface area contributed by atoms with E-state index in [0.29, 0.717) is 40.2 Å². The smallest absolute Gasteiger partial charge is 0.241 e. The third-order valence-corrected chi connectivity index (χ3v) is 8.26. The number of nitrogens with one attached hydrogen (secondary N) is 2. The molecular formula is C30H37N9O4S. The number of benzene rings is 1. The lowest BCUT2D eigenvalue weighted by Crippen LogP contribution is -2.45. The first-order valence-electron chi connectivity index (χ1n) is 14.4. The van der Waals surface area contributed by atoms with Gasteiger partial charge in [-0.25, -0.2) is 19.2 Å². The largest absolute Gasteiger partial charge is 0.470 e. The normalized spacial score (nSPS) is 15.2. The number of hydrogen-bond acceptors (Lipinski definition) is 12. The molecule has 0 saturated carbocycles. The van der Waals surface area contributed by atoms with Crippen LogP contribution in [0.1, 0.15) is 26.1 Å². The van der Waals surface area contributed by atoms with E-state index in [1.54, 1.807) is 49.0 Å². The van der Waals surface area contributed by atoms with Gasteiger partial charge >= 0.3 is 0 Å². The maximum Gasteiger partial charge on any atom is 0.241 e. The fourth-order valence-corrected chi connectivity index (χ4v) is 5.74. The van der Waals surface area contributed by atoms with Crippen LogP contribution in [-0.2, 0) is 22.2 Å². The molecule has 13 nitrogen and oxygen atoms in total. The molecule has 1 fully saturated rings. The first-order valence-corrected chi connectivity index (χ1v) is 15.5. The summed E-state index contributed by atoms with van der Waals surface area (Å²) in [4.78, 5) is 35.6. The van der Waals surface area contributed by atoms with Gasteiger partial charge in [-0.1, -0.05) is 13.8 Å². The van der Waals surface area contributed by atoms with Gasteiger partial charge in [-0.3, -0.25) is 4.79 Å². The zero-order valence-electron chi connectivity index (χ0n) is 25.0. The number of nitrogens with zero attached hydrogens (tertiary/aromatic N) is 6. The van der Waals surface area contributed by atoms with Crippen LogP contribution in [0, 0.1) is 5.92 Å². The van der Waals surface area contributed by atoms with E-state index in [2.05, 4.69) is 42.4 Å². The van der Waals surface area contributed by atoms with E-state index in [0.717, 1.165) is 26.2 Å². The van der Waals surface area contributed by atoms with E-state index < -0.39 is 16.8 Å². The lowest BCUT2D eigenvalue weighted by Gasteiger charge is -2.32. The Morgan fingerprint density at radius 1 is 1.09 bits per heavy atom. The molecule has 4 aromatic rings. The van der Waals surface area contributed by atoms with Crippen molar-refractivity contribution in [2.45, 2.75) is 42.7 Å². The fraction of sp³-hybridized carbons (Fsp3) is 0.367. The van der Waals surface area contributed by atoms with Gasteiger partial charge in [-0.2, -0.15) is 4.98 Å². The summed E-state index contributed by atoms with van der Waals surface area (Å²) in [5.74, 6) is 1.03. The number of nitrogens with two attached hydrogens (primary N) is 1.